The Bertz CT molecular complexity index is 685. The second-order valence-corrected chi connectivity index (χ2v) is 6.60. The third-order valence-corrected chi connectivity index (χ3v) is 3.23. The van der Waals surface area contributed by atoms with Crippen LogP contribution in [0.2, 0.25) is 0 Å². The van der Waals surface area contributed by atoms with Gasteiger partial charge in [-0.1, -0.05) is 0 Å². The van der Waals surface area contributed by atoms with Gasteiger partial charge in [0.15, 0.2) is 5.65 Å². The van der Waals surface area contributed by atoms with Gasteiger partial charge in [-0.25, -0.2) is 9.31 Å². The molecule has 1 aliphatic rings. The number of anilines is 2. The lowest BCUT2D eigenvalue weighted by Crippen LogP contribution is -2.27. The second kappa shape index (κ2) is 5.47. The van der Waals surface area contributed by atoms with Gasteiger partial charge in [-0.3, -0.25) is 5.32 Å². The fourth-order valence-corrected chi connectivity index (χ4v) is 2.01. The standard InChI is InChI=1S/C15H21N5O2/c1-15(2,3)22-14(21)17-11-6-7-20-12(8-11)18-13(19-20)16-9-10-4-5-10/h6-8,10H,4-5,9H2,1-3H3,(H,16,19)(H,17,21). The van der Waals surface area contributed by atoms with Gasteiger partial charge in [0.1, 0.15) is 5.60 Å². The van der Waals surface area contributed by atoms with Gasteiger partial charge in [0, 0.05) is 24.5 Å². The predicted molar refractivity (Wildman–Crippen MR) is 84.1 cm³/mol. The average Bonchev–Trinajstić information content (AvgIpc) is 3.13. The lowest BCUT2D eigenvalue weighted by molar-refractivity contribution is 0.0636. The summed E-state index contributed by atoms with van der Waals surface area (Å²) in [6, 6.07) is 3.52. The Morgan fingerprint density at radius 2 is 2.23 bits per heavy atom. The first-order chi connectivity index (χ1) is 10.4. The highest BCUT2D eigenvalue weighted by atomic mass is 16.6. The highest BCUT2D eigenvalue weighted by molar-refractivity contribution is 5.85. The molecule has 118 valence electrons. The topological polar surface area (TPSA) is 80.5 Å². The number of carbonyl (C=O) groups is 1. The van der Waals surface area contributed by atoms with Crippen LogP contribution < -0.4 is 10.6 Å². The number of rotatable bonds is 4. The first kappa shape index (κ1) is 14.6. The molecule has 0 bridgehead atoms. The molecule has 0 radical (unpaired) electrons. The molecule has 1 fully saturated rings. The number of amides is 1. The number of nitrogens with one attached hydrogen (secondary N) is 2. The molecule has 2 heterocycles. The van der Waals surface area contributed by atoms with Crippen molar-refractivity contribution in [2.45, 2.75) is 39.2 Å². The van der Waals surface area contributed by atoms with Crippen LogP contribution >= 0.6 is 0 Å². The van der Waals surface area contributed by atoms with E-state index in [-0.39, 0.29) is 0 Å². The summed E-state index contributed by atoms with van der Waals surface area (Å²) in [7, 11) is 0. The summed E-state index contributed by atoms with van der Waals surface area (Å²) < 4.78 is 6.90. The molecule has 3 rings (SSSR count). The molecule has 7 heteroatoms. The lowest BCUT2D eigenvalue weighted by atomic mass is 10.2. The largest absolute Gasteiger partial charge is 0.444 e. The highest BCUT2D eigenvalue weighted by Gasteiger charge is 2.21. The van der Waals surface area contributed by atoms with Gasteiger partial charge in [0.2, 0.25) is 5.95 Å². The molecular weight excluding hydrogens is 282 g/mol. The van der Waals surface area contributed by atoms with Crippen molar-refractivity contribution in [2.24, 2.45) is 5.92 Å². The minimum atomic E-state index is -0.525. The Labute approximate surface area is 129 Å². The van der Waals surface area contributed by atoms with E-state index < -0.39 is 11.7 Å². The molecule has 0 unspecified atom stereocenters. The van der Waals surface area contributed by atoms with Gasteiger partial charge in [-0.05, 0) is 45.6 Å². The van der Waals surface area contributed by atoms with E-state index in [0.29, 0.717) is 17.3 Å². The van der Waals surface area contributed by atoms with Crippen LogP contribution in [0, 0.1) is 5.92 Å². The van der Waals surface area contributed by atoms with Gasteiger partial charge in [0.25, 0.3) is 0 Å². The van der Waals surface area contributed by atoms with Gasteiger partial charge in [-0.15, -0.1) is 5.10 Å². The zero-order valence-corrected chi connectivity index (χ0v) is 13.1. The number of fused-ring (bicyclic) bond motifs is 1. The lowest BCUT2D eigenvalue weighted by Gasteiger charge is -2.19. The van der Waals surface area contributed by atoms with Crippen molar-refractivity contribution in [2.75, 3.05) is 17.2 Å². The molecule has 0 atom stereocenters. The molecule has 1 aliphatic carbocycles. The summed E-state index contributed by atoms with van der Waals surface area (Å²) in [5.41, 5.74) is 0.776. The fourth-order valence-electron chi connectivity index (χ4n) is 2.01. The van der Waals surface area contributed by atoms with E-state index in [2.05, 4.69) is 20.7 Å². The molecule has 7 nitrogen and oxygen atoms in total. The maximum absolute atomic E-state index is 11.8. The van der Waals surface area contributed by atoms with E-state index in [1.807, 2.05) is 20.8 Å². The van der Waals surface area contributed by atoms with Crippen molar-refractivity contribution < 1.29 is 9.53 Å². The summed E-state index contributed by atoms with van der Waals surface area (Å²) in [6.45, 7) is 6.39. The molecule has 2 N–H and O–H groups in total. The van der Waals surface area contributed by atoms with E-state index >= 15 is 0 Å². The summed E-state index contributed by atoms with van der Waals surface area (Å²) in [5.74, 6) is 1.37. The Hall–Kier alpha value is -2.31. The monoisotopic (exact) mass is 303 g/mol. The van der Waals surface area contributed by atoms with Crippen molar-refractivity contribution in [3.63, 3.8) is 0 Å². The van der Waals surface area contributed by atoms with E-state index in [0.717, 1.165) is 12.5 Å². The van der Waals surface area contributed by atoms with Crippen LogP contribution in [0.4, 0.5) is 16.4 Å². The van der Waals surface area contributed by atoms with E-state index in [9.17, 15) is 4.79 Å². The average molecular weight is 303 g/mol. The van der Waals surface area contributed by atoms with Crippen molar-refractivity contribution in [3.05, 3.63) is 18.3 Å². The number of nitrogens with zero attached hydrogens (tertiary/aromatic N) is 3. The maximum Gasteiger partial charge on any atom is 0.412 e. The molecule has 0 aromatic carbocycles. The van der Waals surface area contributed by atoms with Crippen molar-refractivity contribution in [1.82, 2.24) is 14.6 Å². The smallest absolute Gasteiger partial charge is 0.412 e. The van der Waals surface area contributed by atoms with Crippen LogP contribution in [0.1, 0.15) is 33.6 Å². The molecular formula is C15H21N5O2. The number of aromatic nitrogens is 3. The molecule has 1 saturated carbocycles. The normalized spacial score (nSPS) is 14.9. The van der Waals surface area contributed by atoms with E-state index in [1.165, 1.54) is 12.8 Å². The van der Waals surface area contributed by atoms with E-state index in [1.54, 1.807) is 22.8 Å². The second-order valence-electron chi connectivity index (χ2n) is 6.60. The zero-order valence-electron chi connectivity index (χ0n) is 13.1. The number of hydrogen-bond donors (Lipinski definition) is 2. The van der Waals surface area contributed by atoms with Gasteiger partial charge < -0.3 is 10.1 Å². The number of pyridine rings is 1. The van der Waals surface area contributed by atoms with Crippen LogP contribution in [0.25, 0.3) is 5.65 Å². The molecule has 0 saturated heterocycles. The van der Waals surface area contributed by atoms with E-state index in [4.69, 9.17) is 4.74 Å². The molecule has 0 spiro atoms. The molecule has 2 aromatic heterocycles. The third kappa shape index (κ3) is 3.87. The van der Waals surface area contributed by atoms with Crippen LogP contribution in [-0.4, -0.2) is 32.8 Å². The Kier molecular flexibility index (Phi) is 3.64. The Morgan fingerprint density at radius 3 is 2.91 bits per heavy atom. The van der Waals surface area contributed by atoms with Crippen LogP contribution in [0.15, 0.2) is 18.3 Å². The van der Waals surface area contributed by atoms with Crippen LogP contribution in [0.5, 0.6) is 0 Å². The highest BCUT2D eigenvalue weighted by Crippen LogP contribution is 2.28. The number of hydrogen-bond acceptors (Lipinski definition) is 5. The maximum atomic E-state index is 11.8. The Morgan fingerprint density at radius 1 is 1.45 bits per heavy atom. The van der Waals surface area contributed by atoms with Crippen LogP contribution in [0.3, 0.4) is 0 Å². The summed E-state index contributed by atoms with van der Waals surface area (Å²) in [4.78, 5) is 16.2. The molecule has 1 amide bonds. The Balaban J connectivity index is 1.67. The van der Waals surface area contributed by atoms with Crippen molar-refractivity contribution >= 4 is 23.4 Å². The summed E-state index contributed by atoms with van der Waals surface area (Å²) >= 11 is 0. The van der Waals surface area contributed by atoms with Crippen LogP contribution in [-0.2, 0) is 4.74 Å². The predicted octanol–water partition coefficient (Wildman–Crippen LogP) is 2.90. The van der Waals surface area contributed by atoms with Gasteiger partial charge in [-0.2, -0.15) is 4.98 Å². The van der Waals surface area contributed by atoms with Gasteiger partial charge >= 0.3 is 6.09 Å². The first-order valence-electron chi connectivity index (χ1n) is 7.49. The third-order valence-electron chi connectivity index (χ3n) is 3.23. The SMILES string of the molecule is CC(C)(C)OC(=O)Nc1ccn2nc(NCC3CC3)nc2c1. The number of carbonyl (C=O) groups excluding carboxylic acids is 1. The molecule has 22 heavy (non-hydrogen) atoms. The summed E-state index contributed by atoms with van der Waals surface area (Å²) in [6.07, 6.45) is 3.84. The fraction of sp³-hybridized carbons (Fsp3) is 0.533. The minimum Gasteiger partial charge on any atom is -0.444 e. The van der Waals surface area contributed by atoms with Gasteiger partial charge in [0.05, 0.1) is 0 Å². The molecule has 0 aliphatic heterocycles. The zero-order chi connectivity index (χ0) is 15.7. The molecule has 2 aromatic rings. The quantitative estimate of drug-likeness (QED) is 0.907. The summed E-state index contributed by atoms with van der Waals surface area (Å²) in [5, 5.41) is 10.3. The number of ether oxygens (including phenoxy) is 1. The first-order valence-corrected chi connectivity index (χ1v) is 7.49. The van der Waals surface area contributed by atoms with Crippen molar-refractivity contribution in [3.8, 4) is 0 Å². The van der Waals surface area contributed by atoms with Crippen molar-refractivity contribution in [1.29, 1.82) is 0 Å². The minimum absolute atomic E-state index is 0.483.